The highest BCUT2D eigenvalue weighted by atomic mass is 127. The number of amides is 1. The molecular formula is C8H4F4INO. The first-order chi connectivity index (χ1) is 6.73. The van der Waals surface area contributed by atoms with E-state index in [2.05, 4.69) is 0 Å². The van der Waals surface area contributed by atoms with E-state index in [1.165, 1.54) is 22.6 Å². The molecule has 1 aromatic rings. The van der Waals surface area contributed by atoms with Gasteiger partial charge in [0.05, 0.1) is 11.1 Å². The highest BCUT2D eigenvalue weighted by molar-refractivity contribution is 14.1. The molecule has 0 aromatic heterocycles. The van der Waals surface area contributed by atoms with Gasteiger partial charge < -0.3 is 5.73 Å². The largest absolute Gasteiger partial charge is 0.417 e. The number of primary amides is 1. The average Bonchev–Trinajstić information content (AvgIpc) is 1.99. The molecule has 0 aliphatic heterocycles. The minimum absolute atomic E-state index is 0.160. The van der Waals surface area contributed by atoms with Crippen molar-refractivity contribution in [3.8, 4) is 0 Å². The fourth-order valence-corrected chi connectivity index (χ4v) is 1.90. The molecule has 0 atom stereocenters. The van der Waals surface area contributed by atoms with E-state index in [1.807, 2.05) is 0 Å². The lowest BCUT2D eigenvalue weighted by Gasteiger charge is -2.12. The Morgan fingerprint density at radius 1 is 1.33 bits per heavy atom. The van der Waals surface area contributed by atoms with Crippen molar-refractivity contribution in [3.05, 3.63) is 32.6 Å². The van der Waals surface area contributed by atoms with Gasteiger partial charge in [-0.1, -0.05) is 0 Å². The van der Waals surface area contributed by atoms with Gasteiger partial charge in [-0.05, 0) is 34.7 Å². The van der Waals surface area contributed by atoms with Crippen LogP contribution >= 0.6 is 22.6 Å². The van der Waals surface area contributed by atoms with Gasteiger partial charge in [0.25, 0.3) is 0 Å². The van der Waals surface area contributed by atoms with Gasteiger partial charge in [-0.3, -0.25) is 4.79 Å². The Hall–Kier alpha value is -0.860. The van der Waals surface area contributed by atoms with Crippen molar-refractivity contribution in [2.75, 3.05) is 0 Å². The minimum atomic E-state index is -4.80. The second-order valence-electron chi connectivity index (χ2n) is 2.67. The molecule has 0 saturated heterocycles. The summed E-state index contributed by atoms with van der Waals surface area (Å²) in [5.74, 6) is -2.29. The summed E-state index contributed by atoms with van der Waals surface area (Å²) < 4.78 is 49.8. The number of nitrogens with two attached hydrogens (primary N) is 1. The zero-order valence-corrected chi connectivity index (χ0v) is 9.19. The average molecular weight is 333 g/mol. The molecule has 0 aliphatic carbocycles. The normalized spacial score (nSPS) is 11.5. The summed E-state index contributed by atoms with van der Waals surface area (Å²) in [6.07, 6.45) is -4.80. The van der Waals surface area contributed by atoms with Gasteiger partial charge in [0, 0.05) is 3.57 Å². The number of hydrogen-bond acceptors (Lipinski definition) is 1. The maximum atomic E-state index is 12.7. The molecule has 1 rings (SSSR count). The van der Waals surface area contributed by atoms with E-state index in [0.717, 1.165) is 6.07 Å². The van der Waals surface area contributed by atoms with Crippen LogP contribution in [0, 0.1) is 9.39 Å². The third kappa shape index (κ3) is 2.58. The predicted octanol–water partition coefficient (Wildman–Crippen LogP) is 2.55. The van der Waals surface area contributed by atoms with Crippen LogP contribution in [0.4, 0.5) is 17.6 Å². The molecule has 7 heteroatoms. The monoisotopic (exact) mass is 333 g/mol. The van der Waals surface area contributed by atoms with Crippen molar-refractivity contribution in [2.24, 2.45) is 5.73 Å². The first-order valence-corrected chi connectivity index (χ1v) is 4.67. The lowest BCUT2D eigenvalue weighted by Crippen LogP contribution is -2.20. The second-order valence-corrected chi connectivity index (χ2v) is 3.83. The van der Waals surface area contributed by atoms with Crippen LogP contribution in [-0.4, -0.2) is 5.91 Å². The lowest BCUT2D eigenvalue weighted by molar-refractivity contribution is -0.138. The molecular weight excluding hydrogens is 329 g/mol. The van der Waals surface area contributed by atoms with Gasteiger partial charge >= 0.3 is 6.18 Å². The number of benzene rings is 1. The number of halogens is 5. The zero-order chi connectivity index (χ0) is 11.8. The SMILES string of the molecule is NC(=O)c1c(I)cc(F)cc1C(F)(F)F. The summed E-state index contributed by atoms with van der Waals surface area (Å²) in [7, 11) is 0. The molecule has 0 bridgehead atoms. The number of rotatable bonds is 1. The Bertz CT molecular complexity index is 416. The van der Waals surface area contributed by atoms with E-state index < -0.39 is 29.0 Å². The quantitative estimate of drug-likeness (QED) is 0.623. The molecule has 0 saturated carbocycles. The summed E-state index contributed by atoms with van der Waals surface area (Å²) in [4.78, 5) is 10.8. The molecule has 1 amide bonds. The molecule has 0 unspecified atom stereocenters. The highest BCUT2D eigenvalue weighted by Gasteiger charge is 2.36. The molecule has 2 N–H and O–H groups in total. The molecule has 1 aromatic carbocycles. The third-order valence-corrected chi connectivity index (χ3v) is 2.46. The molecule has 0 heterocycles. The third-order valence-electron chi connectivity index (χ3n) is 1.61. The fraction of sp³-hybridized carbons (Fsp3) is 0.125. The summed E-state index contributed by atoms with van der Waals surface area (Å²) in [5.41, 5.74) is 2.74. The number of carbonyl (C=O) groups is 1. The molecule has 0 aliphatic rings. The van der Waals surface area contributed by atoms with Gasteiger partial charge in [-0.2, -0.15) is 13.2 Å². The van der Waals surface area contributed by atoms with Gasteiger partial charge in [-0.15, -0.1) is 0 Å². The number of hydrogen-bond donors (Lipinski definition) is 1. The standard InChI is InChI=1S/C8H4F4INO/c9-3-1-4(8(10,11)12)6(7(14)15)5(13)2-3/h1-2H,(H2,14,15). The first kappa shape index (κ1) is 12.2. The van der Waals surface area contributed by atoms with Crippen LogP contribution in [0.25, 0.3) is 0 Å². The highest BCUT2D eigenvalue weighted by Crippen LogP contribution is 2.34. The van der Waals surface area contributed by atoms with Crippen molar-refractivity contribution in [3.63, 3.8) is 0 Å². The van der Waals surface area contributed by atoms with Gasteiger partial charge in [0.15, 0.2) is 0 Å². The maximum absolute atomic E-state index is 12.7. The Morgan fingerprint density at radius 3 is 2.27 bits per heavy atom. The Morgan fingerprint density at radius 2 is 1.87 bits per heavy atom. The van der Waals surface area contributed by atoms with Crippen molar-refractivity contribution in [1.82, 2.24) is 0 Å². The molecule has 82 valence electrons. The molecule has 0 radical (unpaired) electrons. The van der Waals surface area contributed by atoms with Gasteiger partial charge in [0.2, 0.25) is 5.91 Å². The van der Waals surface area contributed by atoms with Crippen molar-refractivity contribution in [1.29, 1.82) is 0 Å². The van der Waals surface area contributed by atoms with Crippen LogP contribution in [0.3, 0.4) is 0 Å². The number of carbonyl (C=O) groups excluding carboxylic acids is 1. The van der Waals surface area contributed by atoms with Crippen LogP contribution in [0.5, 0.6) is 0 Å². The topological polar surface area (TPSA) is 43.1 Å². The Labute approximate surface area is 95.6 Å². The summed E-state index contributed by atoms with van der Waals surface area (Å²) in [5, 5.41) is 0. The second kappa shape index (κ2) is 3.95. The zero-order valence-electron chi connectivity index (χ0n) is 7.03. The van der Waals surface area contributed by atoms with Crippen molar-refractivity contribution >= 4 is 28.5 Å². The van der Waals surface area contributed by atoms with Crippen LogP contribution < -0.4 is 5.73 Å². The van der Waals surface area contributed by atoms with E-state index in [1.54, 1.807) is 0 Å². The molecule has 0 spiro atoms. The van der Waals surface area contributed by atoms with Crippen LogP contribution in [0.15, 0.2) is 12.1 Å². The first-order valence-electron chi connectivity index (χ1n) is 3.59. The van der Waals surface area contributed by atoms with Gasteiger partial charge in [-0.25, -0.2) is 4.39 Å². The smallest absolute Gasteiger partial charge is 0.366 e. The summed E-state index contributed by atoms with van der Waals surface area (Å²) >= 11 is 1.43. The van der Waals surface area contributed by atoms with E-state index in [4.69, 9.17) is 5.73 Å². The van der Waals surface area contributed by atoms with Crippen LogP contribution in [-0.2, 0) is 6.18 Å². The molecule has 0 fully saturated rings. The Balaban J connectivity index is 3.54. The predicted molar refractivity (Wildman–Crippen MR) is 52.6 cm³/mol. The van der Waals surface area contributed by atoms with Crippen molar-refractivity contribution < 1.29 is 22.4 Å². The maximum Gasteiger partial charge on any atom is 0.417 e. The van der Waals surface area contributed by atoms with E-state index in [-0.39, 0.29) is 9.64 Å². The van der Waals surface area contributed by atoms with Crippen LogP contribution in [0.1, 0.15) is 15.9 Å². The van der Waals surface area contributed by atoms with E-state index in [9.17, 15) is 22.4 Å². The fourth-order valence-electron chi connectivity index (χ4n) is 1.05. The molecule has 15 heavy (non-hydrogen) atoms. The van der Waals surface area contributed by atoms with E-state index in [0.29, 0.717) is 0 Å². The van der Waals surface area contributed by atoms with Crippen molar-refractivity contribution in [2.45, 2.75) is 6.18 Å². The van der Waals surface area contributed by atoms with Gasteiger partial charge in [0.1, 0.15) is 5.82 Å². The minimum Gasteiger partial charge on any atom is -0.366 e. The summed E-state index contributed by atoms with van der Waals surface area (Å²) in [6.45, 7) is 0. The number of alkyl halides is 3. The lowest BCUT2D eigenvalue weighted by atomic mass is 10.1. The Kier molecular flexibility index (Phi) is 3.22. The summed E-state index contributed by atoms with van der Waals surface area (Å²) in [6, 6.07) is 1.07. The van der Waals surface area contributed by atoms with Crippen LogP contribution in [0.2, 0.25) is 0 Å². The molecule has 2 nitrogen and oxygen atoms in total. The van der Waals surface area contributed by atoms with E-state index >= 15 is 0 Å².